The molecule has 1 heterocycles. The van der Waals surface area contributed by atoms with Crippen LogP contribution in [0.15, 0.2) is 54.7 Å². The SMILES string of the molecule is N#Cc1cnc2ccccc2c1Nc1ccccc1I. The van der Waals surface area contributed by atoms with Gasteiger partial charge in [-0.2, -0.15) is 5.26 Å². The van der Waals surface area contributed by atoms with Crippen molar-refractivity contribution in [2.45, 2.75) is 0 Å². The average molecular weight is 371 g/mol. The molecule has 0 bridgehead atoms. The first-order chi connectivity index (χ1) is 9.79. The number of hydrogen-bond donors (Lipinski definition) is 1. The van der Waals surface area contributed by atoms with Gasteiger partial charge in [0.05, 0.1) is 22.5 Å². The predicted octanol–water partition coefficient (Wildman–Crippen LogP) is 4.45. The lowest BCUT2D eigenvalue weighted by Gasteiger charge is -2.12. The summed E-state index contributed by atoms with van der Waals surface area (Å²) in [5.74, 6) is 0. The maximum absolute atomic E-state index is 9.29. The monoisotopic (exact) mass is 371 g/mol. The maximum atomic E-state index is 9.29. The molecule has 2 aromatic carbocycles. The second-order valence-corrected chi connectivity index (χ2v) is 5.44. The first kappa shape index (κ1) is 12.9. The lowest BCUT2D eigenvalue weighted by molar-refractivity contribution is 1.36. The number of nitriles is 1. The standard InChI is InChI=1S/C16H10IN3/c17-13-6-2-4-8-15(13)20-16-11(9-18)10-19-14-7-3-1-5-12(14)16/h1-8,10H,(H,19,20). The van der Waals surface area contributed by atoms with Gasteiger partial charge in [0.1, 0.15) is 6.07 Å². The van der Waals surface area contributed by atoms with Crippen molar-refractivity contribution in [3.63, 3.8) is 0 Å². The molecule has 0 saturated heterocycles. The average Bonchev–Trinajstić information content (AvgIpc) is 2.50. The van der Waals surface area contributed by atoms with E-state index in [1.54, 1.807) is 6.20 Å². The van der Waals surface area contributed by atoms with E-state index in [1.807, 2.05) is 48.5 Å². The Morgan fingerprint density at radius 1 is 1.05 bits per heavy atom. The summed E-state index contributed by atoms with van der Waals surface area (Å²) in [6.07, 6.45) is 1.61. The fourth-order valence-corrected chi connectivity index (χ4v) is 2.58. The topological polar surface area (TPSA) is 48.7 Å². The van der Waals surface area contributed by atoms with E-state index in [1.165, 1.54) is 0 Å². The summed E-state index contributed by atoms with van der Waals surface area (Å²) >= 11 is 2.27. The van der Waals surface area contributed by atoms with E-state index in [9.17, 15) is 5.26 Å². The van der Waals surface area contributed by atoms with Crippen molar-refractivity contribution in [1.29, 1.82) is 5.26 Å². The molecule has 3 aromatic rings. The van der Waals surface area contributed by atoms with E-state index >= 15 is 0 Å². The van der Waals surface area contributed by atoms with Gasteiger partial charge >= 0.3 is 0 Å². The maximum Gasteiger partial charge on any atom is 0.103 e. The van der Waals surface area contributed by atoms with E-state index in [0.717, 1.165) is 25.8 Å². The fourth-order valence-electron chi connectivity index (χ4n) is 2.06. The largest absolute Gasteiger partial charge is 0.353 e. The van der Waals surface area contributed by atoms with Crippen molar-refractivity contribution in [2.75, 3.05) is 5.32 Å². The molecule has 3 rings (SSSR count). The van der Waals surface area contributed by atoms with E-state index in [0.29, 0.717) is 5.56 Å². The second-order valence-electron chi connectivity index (χ2n) is 4.28. The van der Waals surface area contributed by atoms with Gasteiger partial charge < -0.3 is 5.32 Å². The van der Waals surface area contributed by atoms with Crippen LogP contribution >= 0.6 is 22.6 Å². The third-order valence-electron chi connectivity index (χ3n) is 3.03. The van der Waals surface area contributed by atoms with Crippen LogP contribution < -0.4 is 5.32 Å². The number of fused-ring (bicyclic) bond motifs is 1. The van der Waals surface area contributed by atoms with Crippen LogP contribution in [0.5, 0.6) is 0 Å². The molecule has 1 N–H and O–H groups in total. The number of anilines is 2. The summed E-state index contributed by atoms with van der Waals surface area (Å²) in [5, 5.41) is 13.6. The number of aromatic nitrogens is 1. The molecule has 0 spiro atoms. The van der Waals surface area contributed by atoms with Crippen LogP contribution in [-0.4, -0.2) is 4.98 Å². The van der Waals surface area contributed by atoms with Crippen LogP contribution in [0.4, 0.5) is 11.4 Å². The molecule has 3 nitrogen and oxygen atoms in total. The highest BCUT2D eigenvalue weighted by Crippen LogP contribution is 2.30. The molecule has 0 aliphatic carbocycles. The molecule has 4 heteroatoms. The first-order valence-electron chi connectivity index (χ1n) is 6.09. The van der Waals surface area contributed by atoms with Gasteiger partial charge in [0.2, 0.25) is 0 Å². The summed E-state index contributed by atoms with van der Waals surface area (Å²) < 4.78 is 1.11. The van der Waals surface area contributed by atoms with Crippen LogP contribution in [0.25, 0.3) is 10.9 Å². The first-order valence-corrected chi connectivity index (χ1v) is 7.17. The minimum atomic E-state index is 0.545. The number of hydrogen-bond acceptors (Lipinski definition) is 3. The molecule has 0 atom stereocenters. The molecular weight excluding hydrogens is 361 g/mol. The van der Waals surface area contributed by atoms with Crippen molar-refractivity contribution in [2.24, 2.45) is 0 Å². The van der Waals surface area contributed by atoms with Gasteiger partial charge in [0.25, 0.3) is 0 Å². The van der Waals surface area contributed by atoms with Crippen molar-refractivity contribution >= 4 is 44.9 Å². The van der Waals surface area contributed by atoms with Crippen molar-refractivity contribution in [3.05, 3.63) is 63.9 Å². The van der Waals surface area contributed by atoms with Crippen LogP contribution in [0.2, 0.25) is 0 Å². The Hall–Kier alpha value is -2.13. The highest BCUT2D eigenvalue weighted by molar-refractivity contribution is 14.1. The Bertz CT molecular complexity index is 821. The quantitative estimate of drug-likeness (QED) is 0.677. The smallest absolute Gasteiger partial charge is 0.103 e. The third-order valence-corrected chi connectivity index (χ3v) is 3.97. The van der Waals surface area contributed by atoms with E-state index in [4.69, 9.17) is 0 Å². The van der Waals surface area contributed by atoms with Crippen molar-refractivity contribution < 1.29 is 0 Å². The van der Waals surface area contributed by atoms with Gasteiger partial charge in [-0.3, -0.25) is 4.98 Å². The molecule has 0 unspecified atom stereocenters. The normalized spacial score (nSPS) is 10.2. The highest BCUT2D eigenvalue weighted by atomic mass is 127. The van der Waals surface area contributed by atoms with Crippen molar-refractivity contribution in [3.8, 4) is 6.07 Å². The summed E-state index contributed by atoms with van der Waals surface area (Å²) in [7, 11) is 0. The Labute approximate surface area is 130 Å². The number of halogens is 1. The van der Waals surface area contributed by atoms with Crippen LogP contribution in [0.3, 0.4) is 0 Å². The van der Waals surface area contributed by atoms with Gasteiger partial charge in [0, 0.05) is 15.2 Å². The van der Waals surface area contributed by atoms with Crippen LogP contribution in [0.1, 0.15) is 5.56 Å². The Balaban J connectivity index is 2.20. The zero-order valence-corrected chi connectivity index (χ0v) is 12.6. The minimum absolute atomic E-state index is 0.545. The van der Waals surface area contributed by atoms with Crippen LogP contribution in [-0.2, 0) is 0 Å². The third kappa shape index (κ3) is 2.32. The zero-order chi connectivity index (χ0) is 13.9. The number of benzene rings is 2. The fraction of sp³-hybridized carbons (Fsp3) is 0. The van der Waals surface area contributed by atoms with Gasteiger partial charge in [-0.15, -0.1) is 0 Å². The summed E-state index contributed by atoms with van der Waals surface area (Å²) in [6.45, 7) is 0. The number of rotatable bonds is 2. The molecule has 0 aliphatic heterocycles. The predicted molar refractivity (Wildman–Crippen MR) is 88.9 cm³/mol. The van der Waals surface area contributed by atoms with Gasteiger partial charge in [-0.25, -0.2) is 0 Å². The molecule has 0 aliphatic rings. The number of nitrogens with one attached hydrogen (secondary N) is 1. The minimum Gasteiger partial charge on any atom is -0.353 e. The summed E-state index contributed by atoms with van der Waals surface area (Å²) in [5.41, 5.74) is 3.21. The molecule has 20 heavy (non-hydrogen) atoms. The lowest BCUT2D eigenvalue weighted by atomic mass is 10.1. The van der Waals surface area contributed by atoms with Gasteiger partial charge in [-0.05, 0) is 40.8 Å². The summed E-state index contributed by atoms with van der Waals surface area (Å²) in [6, 6.07) is 18.0. The van der Waals surface area contributed by atoms with E-state index in [2.05, 4.69) is 39.0 Å². The number of para-hydroxylation sites is 2. The van der Waals surface area contributed by atoms with Gasteiger partial charge in [0.15, 0.2) is 0 Å². The number of pyridine rings is 1. The van der Waals surface area contributed by atoms with Gasteiger partial charge in [-0.1, -0.05) is 30.3 Å². The molecule has 0 radical (unpaired) electrons. The number of nitrogens with zero attached hydrogens (tertiary/aromatic N) is 2. The van der Waals surface area contributed by atoms with E-state index < -0.39 is 0 Å². The van der Waals surface area contributed by atoms with Crippen LogP contribution in [0, 0.1) is 14.9 Å². The van der Waals surface area contributed by atoms with Crippen molar-refractivity contribution in [1.82, 2.24) is 4.98 Å². The second kappa shape index (κ2) is 5.47. The molecular formula is C16H10IN3. The molecule has 96 valence electrons. The zero-order valence-electron chi connectivity index (χ0n) is 10.5. The lowest BCUT2D eigenvalue weighted by Crippen LogP contribution is -1.98. The molecule has 0 amide bonds. The Morgan fingerprint density at radius 2 is 1.80 bits per heavy atom. The van der Waals surface area contributed by atoms with E-state index in [-0.39, 0.29) is 0 Å². The Kier molecular flexibility index (Phi) is 3.52. The molecule has 1 aromatic heterocycles. The molecule has 0 fully saturated rings. The highest BCUT2D eigenvalue weighted by Gasteiger charge is 2.09. The Morgan fingerprint density at radius 3 is 2.60 bits per heavy atom. The molecule has 0 saturated carbocycles. The summed E-state index contributed by atoms with van der Waals surface area (Å²) in [4.78, 5) is 4.31.